The van der Waals surface area contributed by atoms with Gasteiger partial charge in [0.15, 0.2) is 6.10 Å². The van der Waals surface area contributed by atoms with E-state index >= 15 is 0 Å². The first-order valence-corrected chi connectivity index (χ1v) is 4.32. The Balaban J connectivity index is 4.21. The van der Waals surface area contributed by atoms with E-state index in [0.717, 1.165) is 0 Å². The molecule has 0 heterocycles. The van der Waals surface area contributed by atoms with Crippen molar-refractivity contribution in [3.05, 3.63) is 21.9 Å². The van der Waals surface area contributed by atoms with Crippen LogP contribution in [-0.4, -0.2) is 17.4 Å². The standard InChI is InChI=1S/C6H6BrF3OS/c1-3(12-4(2)7)5(11)6(8,9)10/h5,11H,1-2H2. The summed E-state index contributed by atoms with van der Waals surface area (Å²) in [5.74, 6) is 0. The Morgan fingerprint density at radius 3 is 2.08 bits per heavy atom. The molecule has 1 nitrogen and oxygen atoms in total. The molecule has 12 heavy (non-hydrogen) atoms. The summed E-state index contributed by atoms with van der Waals surface area (Å²) in [7, 11) is 0. The molecule has 0 aliphatic rings. The number of hydrogen-bond donors (Lipinski definition) is 1. The van der Waals surface area contributed by atoms with Crippen LogP contribution in [0.5, 0.6) is 0 Å². The van der Waals surface area contributed by atoms with Gasteiger partial charge in [0.2, 0.25) is 0 Å². The van der Waals surface area contributed by atoms with E-state index in [2.05, 4.69) is 29.1 Å². The minimum absolute atomic E-state index is 0.274. The Morgan fingerprint density at radius 2 is 1.83 bits per heavy atom. The minimum Gasteiger partial charge on any atom is -0.379 e. The van der Waals surface area contributed by atoms with Crippen LogP contribution in [0.2, 0.25) is 0 Å². The monoisotopic (exact) mass is 262 g/mol. The first-order chi connectivity index (χ1) is 5.25. The maximum atomic E-state index is 11.8. The number of hydrogen-bond acceptors (Lipinski definition) is 2. The molecule has 0 aromatic rings. The summed E-state index contributed by atoms with van der Waals surface area (Å²) >= 11 is 3.49. The van der Waals surface area contributed by atoms with E-state index in [1.807, 2.05) is 0 Å². The van der Waals surface area contributed by atoms with Crippen molar-refractivity contribution in [1.29, 1.82) is 0 Å². The molecule has 0 fully saturated rings. The molecule has 0 radical (unpaired) electrons. The number of alkyl halides is 3. The molecule has 0 aliphatic carbocycles. The van der Waals surface area contributed by atoms with Crippen LogP contribution in [0.15, 0.2) is 21.9 Å². The van der Waals surface area contributed by atoms with Gasteiger partial charge in [-0.1, -0.05) is 24.9 Å². The van der Waals surface area contributed by atoms with Gasteiger partial charge in [0.1, 0.15) is 0 Å². The zero-order chi connectivity index (χ0) is 9.94. The van der Waals surface area contributed by atoms with Crippen LogP contribution >= 0.6 is 27.7 Å². The molecule has 70 valence electrons. The number of thioether (sulfide) groups is 1. The third-order valence-corrected chi connectivity index (χ3v) is 2.05. The minimum atomic E-state index is -4.66. The molecule has 0 saturated carbocycles. The Hall–Kier alpha value is 0.0600. The second kappa shape index (κ2) is 4.34. The molecule has 0 spiro atoms. The van der Waals surface area contributed by atoms with Crippen molar-refractivity contribution in [1.82, 2.24) is 0 Å². The summed E-state index contributed by atoms with van der Waals surface area (Å²) in [6, 6.07) is 0. The highest BCUT2D eigenvalue weighted by molar-refractivity contribution is 9.14. The number of rotatable bonds is 3. The molecule has 0 aliphatic heterocycles. The molecule has 1 N–H and O–H groups in total. The quantitative estimate of drug-likeness (QED) is 0.844. The fourth-order valence-electron chi connectivity index (χ4n) is 0.381. The predicted molar refractivity (Wildman–Crippen MR) is 46.9 cm³/mol. The highest BCUT2D eigenvalue weighted by Gasteiger charge is 2.40. The van der Waals surface area contributed by atoms with E-state index in [1.165, 1.54) is 0 Å². The third kappa shape index (κ3) is 4.18. The van der Waals surface area contributed by atoms with Gasteiger partial charge in [0, 0.05) is 8.72 Å². The maximum absolute atomic E-state index is 11.8. The van der Waals surface area contributed by atoms with Crippen molar-refractivity contribution in [2.24, 2.45) is 0 Å². The zero-order valence-electron chi connectivity index (χ0n) is 5.86. The van der Waals surface area contributed by atoms with Crippen molar-refractivity contribution in [2.75, 3.05) is 0 Å². The summed E-state index contributed by atoms with van der Waals surface area (Å²) in [6.07, 6.45) is -7.16. The van der Waals surface area contributed by atoms with Gasteiger partial charge < -0.3 is 5.11 Å². The van der Waals surface area contributed by atoms with E-state index in [4.69, 9.17) is 5.11 Å². The van der Waals surface area contributed by atoms with Gasteiger partial charge in [-0.3, -0.25) is 0 Å². The fraction of sp³-hybridized carbons (Fsp3) is 0.333. The van der Waals surface area contributed by atoms with Crippen molar-refractivity contribution < 1.29 is 18.3 Å². The molecular weight excluding hydrogens is 257 g/mol. The van der Waals surface area contributed by atoms with Crippen LogP contribution in [-0.2, 0) is 0 Å². The topological polar surface area (TPSA) is 20.2 Å². The molecule has 0 aromatic carbocycles. The lowest BCUT2D eigenvalue weighted by Crippen LogP contribution is -2.28. The van der Waals surface area contributed by atoms with E-state index in [0.29, 0.717) is 11.8 Å². The molecular formula is C6H6BrF3OS. The van der Waals surface area contributed by atoms with E-state index in [1.54, 1.807) is 0 Å². The van der Waals surface area contributed by atoms with E-state index < -0.39 is 17.2 Å². The van der Waals surface area contributed by atoms with E-state index in [9.17, 15) is 13.2 Å². The first kappa shape index (κ1) is 12.1. The van der Waals surface area contributed by atoms with Crippen LogP contribution in [0.25, 0.3) is 0 Å². The number of halogens is 4. The maximum Gasteiger partial charge on any atom is 0.419 e. The molecule has 0 saturated heterocycles. The Morgan fingerprint density at radius 1 is 1.42 bits per heavy atom. The van der Waals surface area contributed by atoms with Gasteiger partial charge in [0.05, 0.1) is 0 Å². The summed E-state index contributed by atoms with van der Waals surface area (Å²) in [5, 5.41) is 8.60. The average Bonchev–Trinajstić information content (AvgIpc) is 1.82. The third-order valence-electron chi connectivity index (χ3n) is 0.857. The van der Waals surface area contributed by atoms with Crippen LogP contribution in [0, 0.1) is 0 Å². The predicted octanol–water partition coefficient (Wildman–Crippen LogP) is 3.02. The molecule has 0 bridgehead atoms. The highest BCUT2D eigenvalue weighted by atomic mass is 79.9. The van der Waals surface area contributed by atoms with Crippen molar-refractivity contribution in [3.63, 3.8) is 0 Å². The summed E-state index contributed by atoms with van der Waals surface area (Å²) in [5.41, 5.74) is 0. The summed E-state index contributed by atoms with van der Waals surface area (Å²) < 4.78 is 35.6. The number of aliphatic hydroxyl groups is 1. The lowest BCUT2D eigenvalue weighted by atomic mass is 10.3. The summed E-state index contributed by atoms with van der Waals surface area (Å²) in [6.45, 7) is 6.36. The van der Waals surface area contributed by atoms with Gasteiger partial charge in [-0.05, 0) is 15.9 Å². The second-order valence-corrected chi connectivity index (χ2v) is 4.57. The molecule has 1 unspecified atom stereocenters. The Labute approximate surface area is 80.5 Å². The van der Waals surface area contributed by atoms with Crippen LogP contribution in [0.1, 0.15) is 0 Å². The van der Waals surface area contributed by atoms with Crippen LogP contribution in [0.3, 0.4) is 0 Å². The van der Waals surface area contributed by atoms with Crippen molar-refractivity contribution >= 4 is 27.7 Å². The SMILES string of the molecule is C=C(Br)SC(=C)C(O)C(F)(F)F. The average molecular weight is 263 g/mol. The van der Waals surface area contributed by atoms with Crippen molar-refractivity contribution in [2.45, 2.75) is 12.3 Å². The first-order valence-electron chi connectivity index (χ1n) is 2.71. The van der Waals surface area contributed by atoms with Gasteiger partial charge in [-0.2, -0.15) is 13.2 Å². The fourth-order valence-corrected chi connectivity index (χ4v) is 1.53. The normalized spacial score (nSPS) is 14.1. The lowest BCUT2D eigenvalue weighted by Gasteiger charge is -2.15. The largest absolute Gasteiger partial charge is 0.419 e. The van der Waals surface area contributed by atoms with Gasteiger partial charge in [-0.15, -0.1) is 0 Å². The molecule has 0 rings (SSSR count). The van der Waals surface area contributed by atoms with Gasteiger partial charge >= 0.3 is 6.18 Å². The Bertz CT molecular complexity index is 201. The molecule has 6 heteroatoms. The second-order valence-electron chi connectivity index (χ2n) is 1.87. The lowest BCUT2D eigenvalue weighted by molar-refractivity contribution is -0.188. The van der Waals surface area contributed by atoms with Crippen LogP contribution < -0.4 is 0 Å². The number of aliphatic hydroxyl groups excluding tert-OH is 1. The van der Waals surface area contributed by atoms with Crippen LogP contribution in [0.4, 0.5) is 13.2 Å². The molecule has 0 amide bonds. The Kier molecular flexibility index (Phi) is 4.36. The van der Waals surface area contributed by atoms with Crippen molar-refractivity contribution in [3.8, 4) is 0 Å². The van der Waals surface area contributed by atoms with Gasteiger partial charge in [0.25, 0.3) is 0 Å². The van der Waals surface area contributed by atoms with Gasteiger partial charge in [-0.25, -0.2) is 0 Å². The molecule has 0 aromatic heterocycles. The zero-order valence-corrected chi connectivity index (χ0v) is 8.26. The smallest absolute Gasteiger partial charge is 0.379 e. The highest BCUT2D eigenvalue weighted by Crippen LogP contribution is 2.35. The molecule has 1 atom stereocenters. The van der Waals surface area contributed by atoms with E-state index in [-0.39, 0.29) is 3.81 Å². The summed E-state index contributed by atoms with van der Waals surface area (Å²) in [4.78, 5) is -0.399.